The number of pyridine rings is 1. The summed E-state index contributed by atoms with van der Waals surface area (Å²) in [5.41, 5.74) is 3.96. The largest absolute Gasteiger partial charge is 0.465 e. The van der Waals surface area contributed by atoms with E-state index >= 15 is 0 Å². The predicted octanol–water partition coefficient (Wildman–Crippen LogP) is 5.29. The number of aromatic nitrogens is 1. The lowest BCUT2D eigenvalue weighted by Crippen LogP contribution is -2.45. The van der Waals surface area contributed by atoms with Crippen LogP contribution >= 0.6 is 0 Å². The number of fused-ring (bicyclic) bond motifs is 1. The molecule has 3 rings (SSSR count). The van der Waals surface area contributed by atoms with E-state index in [0.29, 0.717) is 28.7 Å². The Morgan fingerprint density at radius 3 is 2.31 bits per heavy atom. The van der Waals surface area contributed by atoms with Gasteiger partial charge in [0.15, 0.2) is 0 Å². The molecule has 0 aliphatic heterocycles. The summed E-state index contributed by atoms with van der Waals surface area (Å²) in [7, 11) is 1.33. The van der Waals surface area contributed by atoms with Crippen molar-refractivity contribution in [3.63, 3.8) is 0 Å². The summed E-state index contributed by atoms with van der Waals surface area (Å²) in [6, 6.07) is 14.1. The molecule has 3 amide bonds. The van der Waals surface area contributed by atoms with Gasteiger partial charge in [-0.25, -0.2) is 15.1 Å². The Hall–Kier alpha value is -3.85. The van der Waals surface area contributed by atoms with Crippen LogP contribution in [0.1, 0.15) is 40.3 Å². The van der Waals surface area contributed by atoms with E-state index in [0.717, 1.165) is 11.1 Å². The van der Waals surface area contributed by atoms with E-state index in [-0.39, 0.29) is 18.0 Å². The van der Waals surface area contributed by atoms with Gasteiger partial charge in [-0.2, -0.15) is 0 Å². The molecular weight excluding hydrogens is 460 g/mol. The molecule has 3 N–H and O–H groups in total. The predicted molar refractivity (Wildman–Crippen MR) is 141 cm³/mol. The Balaban J connectivity index is 2.41. The van der Waals surface area contributed by atoms with Crippen molar-refractivity contribution in [2.24, 2.45) is 5.92 Å². The fourth-order valence-electron chi connectivity index (χ4n) is 4.21. The number of carbonyl (C=O) groups excluding carboxylic acids is 1. The number of hydrogen-bond donors (Lipinski definition) is 3. The summed E-state index contributed by atoms with van der Waals surface area (Å²) in [4.78, 5) is 44.1. The number of nitrogens with one attached hydrogen (secondary N) is 2. The van der Waals surface area contributed by atoms with Gasteiger partial charge in [-0.1, -0.05) is 44.2 Å². The second-order valence-corrected chi connectivity index (χ2v) is 10.1. The van der Waals surface area contributed by atoms with Crippen molar-refractivity contribution in [1.82, 2.24) is 14.9 Å². The summed E-state index contributed by atoms with van der Waals surface area (Å²) in [6.07, 6.45) is -1.07. The Bertz CT molecular complexity index is 1310. The molecule has 2 aromatic carbocycles. The summed E-state index contributed by atoms with van der Waals surface area (Å²) in [5, 5.41) is 13.8. The molecule has 0 fully saturated rings. The van der Waals surface area contributed by atoms with Crippen molar-refractivity contribution >= 4 is 28.6 Å². The van der Waals surface area contributed by atoms with Crippen LogP contribution < -0.4 is 16.4 Å². The van der Waals surface area contributed by atoms with Gasteiger partial charge in [-0.3, -0.25) is 14.5 Å². The molecule has 36 heavy (non-hydrogen) atoms. The second-order valence-electron chi connectivity index (χ2n) is 10.1. The Labute approximate surface area is 210 Å². The molecule has 9 nitrogen and oxygen atoms in total. The lowest BCUT2D eigenvalue weighted by molar-refractivity contribution is 0.0937. The van der Waals surface area contributed by atoms with Crippen LogP contribution in [0.3, 0.4) is 0 Å². The van der Waals surface area contributed by atoms with Gasteiger partial charge in [0.05, 0.1) is 13.7 Å². The van der Waals surface area contributed by atoms with Crippen molar-refractivity contribution < 1.29 is 19.5 Å². The topological polar surface area (TPSA) is 113 Å². The Morgan fingerprint density at radius 1 is 1.08 bits per heavy atom. The molecule has 0 aliphatic carbocycles. The minimum atomic E-state index is -1.07. The first-order valence-electron chi connectivity index (χ1n) is 11.8. The molecular formula is C27H34N4O5. The third-order valence-corrected chi connectivity index (χ3v) is 5.79. The Kier molecular flexibility index (Phi) is 8.04. The molecule has 9 heteroatoms. The average molecular weight is 495 g/mol. The third-order valence-electron chi connectivity index (χ3n) is 5.79. The highest BCUT2D eigenvalue weighted by Gasteiger charge is 2.30. The maximum atomic E-state index is 13.8. The van der Waals surface area contributed by atoms with E-state index in [4.69, 9.17) is 0 Å². The van der Waals surface area contributed by atoms with Gasteiger partial charge in [0.2, 0.25) is 0 Å². The van der Waals surface area contributed by atoms with Crippen LogP contribution in [0.2, 0.25) is 0 Å². The van der Waals surface area contributed by atoms with E-state index < -0.39 is 17.7 Å². The lowest BCUT2D eigenvalue weighted by atomic mass is 9.94. The number of amides is 3. The number of nitrogens with zero attached hydrogens (tertiary/aromatic N) is 2. The molecule has 1 heterocycles. The van der Waals surface area contributed by atoms with Crippen LogP contribution in [0.25, 0.3) is 21.9 Å². The maximum absolute atomic E-state index is 13.8. The molecule has 0 spiro atoms. The van der Waals surface area contributed by atoms with Crippen molar-refractivity contribution in [2.75, 3.05) is 12.4 Å². The normalized spacial score (nSPS) is 11.5. The van der Waals surface area contributed by atoms with E-state index in [1.165, 1.54) is 12.0 Å². The minimum Gasteiger partial charge on any atom is -0.465 e. The van der Waals surface area contributed by atoms with Gasteiger partial charge in [0.25, 0.3) is 5.56 Å². The first kappa shape index (κ1) is 26.7. The maximum Gasteiger partial charge on any atom is 0.408 e. The molecule has 0 unspecified atom stereocenters. The highest BCUT2D eigenvalue weighted by atomic mass is 16.6. The van der Waals surface area contributed by atoms with Crippen molar-refractivity contribution in [1.29, 1.82) is 0 Å². The van der Waals surface area contributed by atoms with Gasteiger partial charge < -0.3 is 15.0 Å². The molecule has 0 aliphatic rings. The number of benzene rings is 2. The zero-order chi connectivity index (χ0) is 26.6. The van der Waals surface area contributed by atoms with Gasteiger partial charge in [-0.05, 0) is 55.8 Å². The first-order valence-corrected chi connectivity index (χ1v) is 11.8. The minimum absolute atomic E-state index is 0.0166. The van der Waals surface area contributed by atoms with E-state index in [2.05, 4.69) is 15.6 Å². The standard InChI is InChI=1S/C27H34N4O5/c1-17(2)15-30-22(16-31(26(34)35)27(3,4)5)23(18-10-8-7-9-11-18)21-14-19(28-25(33)29-36-6)12-13-20(21)24(30)32/h7-14,17H,15-16H2,1-6H3,(H,34,35)(H2,28,29,33). The molecule has 3 aromatic rings. The van der Waals surface area contributed by atoms with Crippen molar-refractivity contribution in [2.45, 2.75) is 53.2 Å². The quantitative estimate of drug-likeness (QED) is 0.387. The van der Waals surface area contributed by atoms with E-state index in [1.54, 1.807) is 22.8 Å². The van der Waals surface area contributed by atoms with E-state index in [1.807, 2.05) is 65.0 Å². The number of anilines is 1. The zero-order valence-corrected chi connectivity index (χ0v) is 21.6. The fourth-order valence-corrected chi connectivity index (χ4v) is 4.21. The van der Waals surface area contributed by atoms with Gasteiger partial charge >= 0.3 is 12.1 Å². The van der Waals surface area contributed by atoms with Crippen LogP contribution in [0.15, 0.2) is 53.3 Å². The first-order chi connectivity index (χ1) is 16.9. The molecule has 0 saturated heterocycles. The van der Waals surface area contributed by atoms with Crippen LogP contribution in [-0.2, 0) is 17.9 Å². The molecule has 0 bridgehead atoms. The Morgan fingerprint density at radius 2 is 1.75 bits per heavy atom. The average Bonchev–Trinajstić information content (AvgIpc) is 2.79. The number of urea groups is 1. The smallest absolute Gasteiger partial charge is 0.408 e. The number of rotatable bonds is 7. The number of carboxylic acid groups (broad SMARTS) is 1. The monoisotopic (exact) mass is 494 g/mol. The molecule has 0 saturated carbocycles. The number of hydrogen-bond acceptors (Lipinski definition) is 4. The third kappa shape index (κ3) is 5.85. The highest BCUT2D eigenvalue weighted by molar-refractivity contribution is 6.01. The van der Waals surface area contributed by atoms with Crippen molar-refractivity contribution in [3.8, 4) is 11.1 Å². The SMILES string of the molecule is CONC(=O)Nc1ccc2c(=O)n(CC(C)C)c(CN(C(=O)O)C(C)(C)C)c(-c3ccccc3)c2c1. The van der Waals surface area contributed by atoms with Gasteiger partial charge in [0.1, 0.15) is 0 Å². The lowest BCUT2D eigenvalue weighted by Gasteiger charge is -2.35. The van der Waals surface area contributed by atoms with Crippen LogP contribution in [-0.4, -0.2) is 39.3 Å². The summed E-state index contributed by atoms with van der Waals surface area (Å²) in [6.45, 7) is 9.95. The van der Waals surface area contributed by atoms with Gasteiger partial charge in [-0.15, -0.1) is 0 Å². The summed E-state index contributed by atoms with van der Waals surface area (Å²) in [5.74, 6) is 0.147. The summed E-state index contributed by atoms with van der Waals surface area (Å²) >= 11 is 0. The number of hydroxylamine groups is 1. The van der Waals surface area contributed by atoms with Crippen molar-refractivity contribution in [3.05, 3.63) is 64.6 Å². The van der Waals surface area contributed by atoms with Crippen LogP contribution in [0, 0.1) is 5.92 Å². The molecule has 0 atom stereocenters. The summed E-state index contributed by atoms with van der Waals surface area (Å²) < 4.78 is 1.70. The highest BCUT2D eigenvalue weighted by Crippen LogP contribution is 2.34. The molecule has 192 valence electrons. The molecule has 1 aromatic heterocycles. The molecule has 0 radical (unpaired) electrons. The van der Waals surface area contributed by atoms with Crippen LogP contribution in [0.5, 0.6) is 0 Å². The zero-order valence-electron chi connectivity index (χ0n) is 21.6. The van der Waals surface area contributed by atoms with E-state index in [9.17, 15) is 19.5 Å². The fraction of sp³-hybridized carbons (Fsp3) is 0.370. The number of carbonyl (C=O) groups is 2. The second kappa shape index (κ2) is 10.8. The van der Waals surface area contributed by atoms with Crippen LogP contribution in [0.4, 0.5) is 15.3 Å². The van der Waals surface area contributed by atoms with Gasteiger partial charge in [0, 0.05) is 34.4 Å².